The largest absolute Gasteiger partial charge is 0.451 e. The molecule has 0 N–H and O–H groups in total. The molecule has 3 aromatic rings. The van der Waals surface area contributed by atoms with E-state index in [1.54, 1.807) is 23.6 Å². The highest BCUT2D eigenvalue weighted by Crippen LogP contribution is 2.43. The molecule has 0 saturated carbocycles. The van der Waals surface area contributed by atoms with Crippen molar-refractivity contribution in [2.24, 2.45) is 0 Å². The molecule has 0 spiro atoms. The summed E-state index contributed by atoms with van der Waals surface area (Å²) in [7, 11) is 0. The minimum absolute atomic E-state index is 0.0247. The van der Waals surface area contributed by atoms with Crippen molar-refractivity contribution in [3.8, 4) is 11.3 Å². The van der Waals surface area contributed by atoms with Crippen molar-refractivity contribution in [2.75, 3.05) is 24.5 Å². The van der Waals surface area contributed by atoms with E-state index in [9.17, 15) is 31.1 Å². The van der Waals surface area contributed by atoms with Crippen LogP contribution in [0, 0.1) is 6.92 Å². The molecule has 188 valence electrons. The van der Waals surface area contributed by atoms with E-state index in [0.29, 0.717) is 17.2 Å². The molecule has 0 aromatic carbocycles. The number of nitrogens with zero attached hydrogens (tertiary/aromatic N) is 8. The van der Waals surface area contributed by atoms with Gasteiger partial charge in [0.05, 0.1) is 0 Å². The Balaban J connectivity index is 1.58. The van der Waals surface area contributed by atoms with Gasteiger partial charge in [-0.1, -0.05) is 11.3 Å². The second kappa shape index (κ2) is 9.05. The maximum absolute atomic E-state index is 13.4. The highest BCUT2D eigenvalue weighted by Gasteiger charge is 2.39. The summed E-state index contributed by atoms with van der Waals surface area (Å²) in [6.07, 6.45) is -6.60. The van der Waals surface area contributed by atoms with Gasteiger partial charge in [0.1, 0.15) is 29.4 Å². The molecule has 1 amide bonds. The van der Waals surface area contributed by atoms with Gasteiger partial charge in [-0.05, 0) is 13.8 Å². The Morgan fingerprint density at radius 2 is 1.77 bits per heavy atom. The lowest BCUT2D eigenvalue weighted by Gasteiger charge is -2.40. The number of rotatable bonds is 4. The lowest BCUT2D eigenvalue weighted by molar-refractivity contribution is -0.145. The molecular weight excluding hydrogens is 502 g/mol. The summed E-state index contributed by atoms with van der Waals surface area (Å²) in [6, 6.07) is -0.367. The second-order valence-electron chi connectivity index (χ2n) is 7.81. The SMILES string of the molecule is Cc1ncnn1CC(=O)N1CCN(c2sc(C(F)(F)F)nc2-c2cnc(C(F)(F)F)nc2)C[C@H]1C. The number of carbonyl (C=O) groups is 1. The summed E-state index contributed by atoms with van der Waals surface area (Å²) >= 11 is 0.381. The van der Waals surface area contributed by atoms with Crippen molar-refractivity contribution < 1.29 is 31.1 Å². The van der Waals surface area contributed by atoms with Gasteiger partial charge in [-0.3, -0.25) is 4.79 Å². The molecule has 1 atom stereocenters. The molecule has 1 saturated heterocycles. The van der Waals surface area contributed by atoms with Crippen LogP contribution in [-0.2, 0) is 23.7 Å². The normalized spacial score (nSPS) is 17.2. The van der Waals surface area contributed by atoms with Crippen molar-refractivity contribution in [1.29, 1.82) is 0 Å². The molecule has 35 heavy (non-hydrogen) atoms. The zero-order chi connectivity index (χ0) is 25.5. The van der Waals surface area contributed by atoms with E-state index in [1.165, 1.54) is 11.0 Å². The van der Waals surface area contributed by atoms with Crippen LogP contribution in [0.1, 0.15) is 23.6 Å². The number of carbonyl (C=O) groups excluding carboxylic acids is 1. The van der Waals surface area contributed by atoms with Crippen LogP contribution in [0.15, 0.2) is 18.7 Å². The van der Waals surface area contributed by atoms with E-state index in [0.717, 1.165) is 12.4 Å². The summed E-state index contributed by atoms with van der Waals surface area (Å²) in [6.45, 7) is 4.04. The van der Waals surface area contributed by atoms with Crippen LogP contribution in [0.5, 0.6) is 0 Å². The number of piperazine rings is 1. The fraction of sp³-hybridized carbons (Fsp3) is 0.474. The number of amides is 1. The van der Waals surface area contributed by atoms with Gasteiger partial charge in [0.25, 0.3) is 0 Å². The number of halogens is 6. The Hall–Kier alpha value is -3.30. The molecule has 0 unspecified atom stereocenters. The molecule has 1 aliphatic rings. The van der Waals surface area contributed by atoms with E-state index in [1.807, 2.05) is 0 Å². The molecule has 0 aliphatic carbocycles. The van der Waals surface area contributed by atoms with E-state index < -0.39 is 23.2 Å². The van der Waals surface area contributed by atoms with Crippen LogP contribution in [-0.4, -0.2) is 66.2 Å². The third-order valence-corrected chi connectivity index (χ3v) is 6.52. The van der Waals surface area contributed by atoms with Crippen LogP contribution in [0.3, 0.4) is 0 Å². The zero-order valence-corrected chi connectivity index (χ0v) is 19.1. The second-order valence-corrected chi connectivity index (χ2v) is 8.79. The molecule has 16 heteroatoms. The lowest BCUT2D eigenvalue weighted by Crippen LogP contribution is -2.54. The van der Waals surface area contributed by atoms with E-state index in [2.05, 4.69) is 25.0 Å². The molecule has 4 heterocycles. The van der Waals surface area contributed by atoms with Gasteiger partial charge in [0, 0.05) is 43.6 Å². The third kappa shape index (κ3) is 5.21. The van der Waals surface area contributed by atoms with Gasteiger partial charge in [0.2, 0.25) is 16.7 Å². The third-order valence-electron chi connectivity index (χ3n) is 5.36. The number of anilines is 1. The standard InChI is InChI=1S/C19H18F6N8OS/c1-10-7-31(3-4-32(10)13(34)8-33-11(2)28-9-29-33)15-14(30-17(35-15)19(23,24)25)12-5-26-16(27-6-12)18(20,21)22/h5-6,9-10H,3-4,7-8H2,1-2H3/t10-/m1/s1. The summed E-state index contributed by atoms with van der Waals surface area (Å²) < 4.78 is 80.1. The lowest BCUT2D eigenvalue weighted by atomic mass is 10.1. The quantitative estimate of drug-likeness (QED) is 0.488. The van der Waals surface area contributed by atoms with Gasteiger partial charge < -0.3 is 9.80 Å². The molecule has 1 fully saturated rings. The maximum Gasteiger partial charge on any atom is 0.451 e. The molecule has 3 aromatic heterocycles. The van der Waals surface area contributed by atoms with E-state index in [-0.39, 0.29) is 54.4 Å². The van der Waals surface area contributed by atoms with Crippen molar-refractivity contribution >= 4 is 22.2 Å². The number of thiazole rings is 1. The predicted molar refractivity (Wildman–Crippen MR) is 111 cm³/mol. The highest BCUT2D eigenvalue weighted by molar-refractivity contribution is 7.16. The predicted octanol–water partition coefficient (Wildman–Crippen LogP) is 3.27. The van der Waals surface area contributed by atoms with Crippen molar-refractivity contribution in [3.05, 3.63) is 35.4 Å². The van der Waals surface area contributed by atoms with Gasteiger partial charge in [0.15, 0.2) is 0 Å². The maximum atomic E-state index is 13.4. The fourth-order valence-corrected chi connectivity index (χ4v) is 4.63. The molecule has 1 aliphatic heterocycles. The fourth-order valence-electron chi connectivity index (χ4n) is 3.64. The number of aromatic nitrogens is 6. The summed E-state index contributed by atoms with van der Waals surface area (Å²) in [4.78, 5) is 30.1. The van der Waals surface area contributed by atoms with Crippen molar-refractivity contribution in [1.82, 2.24) is 34.6 Å². The Bertz CT molecular complexity index is 1210. The smallest absolute Gasteiger partial charge is 0.358 e. The van der Waals surface area contributed by atoms with Gasteiger partial charge in [-0.25, -0.2) is 24.6 Å². The average Bonchev–Trinajstić information content (AvgIpc) is 3.40. The first-order valence-electron chi connectivity index (χ1n) is 10.2. The molecule has 0 radical (unpaired) electrons. The molecule has 4 rings (SSSR count). The van der Waals surface area contributed by atoms with Gasteiger partial charge in [-0.2, -0.15) is 31.4 Å². The van der Waals surface area contributed by atoms with Gasteiger partial charge >= 0.3 is 12.4 Å². The summed E-state index contributed by atoms with van der Waals surface area (Å²) in [5.41, 5.74) is -0.242. The number of hydrogen-bond acceptors (Lipinski definition) is 8. The van der Waals surface area contributed by atoms with E-state index >= 15 is 0 Å². The topological polar surface area (TPSA) is 92.9 Å². The Labute approximate surface area is 198 Å². The first kappa shape index (κ1) is 24.8. The van der Waals surface area contributed by atoms with Crippen molar-refractivity contribution in [2.45, 2.75) is 38.8 Å². The Kier molecular flexibility index (Phi) is 6.42. The minimum Gasteiger partial charge on any atom is -0.358 e. The van der Waals surface area contributed by atoms with Crippen LogP contribution in [0.2, 0.25) is 0 Å². The zero-order valence-electron chi connectivity index (χ0n) is 18.3. The monoisotopic (exact) mass is 520 g/mol. The number of hydrogen-bond donors (Lipinski definition) is 0. The van der Waals surface area contributed by atoms with Crippen LogP contribution < -0.4 is 4.90 Å². The van der Waals surface area contributed by atoms with Crippen LogP contribution in [0.4, 0.5) is 31.3 Å². The highest BCUT2D eigenvalue weighted by atomic mass is 32.1. The molecule has 9 nitrogen and oxygen atoms in total. The van der Waals surface area contributed by atoms with Gasteiger partial charge in [-0.15, -0.1) is 0 Å². The number of aryl methyl sites for hydroxylation is 1. The first-order chi connectivity index (χ1) is 16.3. The molecule has 0 bridgehead atoms. The number of alkyl halides is 6. The van der Waals surface area contributed by atoms with Crippen molar-refractivity contribution in [3.63, 3.8) is 0 Å². The Morgan fingerprint density at radius 3 is 2.31 bits per heavy atom. The molecular formula is C19H18F6N8OS. The minimum atomic E-state index is -4.79. The van der Waals surface area contributed by atoms with Crippen LogP contribution >= 0.6 is 11.3 Å². The van der Waals surface area contributed by atoms with E-state index in [4.69, 9.17) is 0 Å². The summed E-state index contributed by atoms with van der Waals surface area (Å²) in [5, 5.41) is 2.96. The summed E-state index contributed by atoms with van der Waals surface area (Å²) in [5.74, 6) is -1.06. The first-order valence-corrected chi connectivity index (χ1v) is 11.0. The average molecular weight is 520 g/mol. The van der Waals surface area contributed by atoms with Crippen LogP contribution in [0.25, 0.3) is 11.3 Å². The Morgan fingerprint density at radius 1 is 1.09 bits per heavy atom.